The second kappa shape index (κ2) is 7.25. The Bertz CT molecular complexity index is 685. The van der Waals surface area contributed by atoms with Crippen LogP contribution in [0.1, 0.15) is 18.4 Å². The van der Waals surface area contributed by atoms with Crippen LogP contribution >= 0.6 is 50.5 Å². The largest absolute Gasteiger partial charge is 0.512 e. The van der Waals surface area contributed by atoms with Crippen molar-refractivity contribution in [2.75, 3.05) is 7.11 Å². The molecule has 0 amide bonds. The van der Waals surface area contributed by atoms with Gasteiger partial charge in [-0.3, -0.25) is 4.79 Å². The number of benzene rings is 1. The SMILES string of the molecule is CO/N=C/CC1CC(O)=C(c2c(S)cc(S)c(S)c2S)C1=O. The lowest BCUT2D eigenvalue weighted by molar-refractivity contribution is -0.116. The van der Waals surface area contributed by atoms with E-state index < -0.39 is 0 Å². The predicted octanol–water partition coefficient (Wildman–Crippen LogP) is 3.72. The highest BCUT2D eigenvalue weighted by Crippen LogP contribution is 2.43. The number of oxime groups is 1. The highest BCUT2D eigenvalue weighted by atomic mass is 32.1. The summed E-state index contributed by atoms with van der Waals surface area (Å²) in [6, 6.07) is 1.68. The molecule has 0 radical (unpaired) electrons. The molecule has 118 valence electrons. The lowest BCUT2D eigenvalue weighted by atomic mass is 9.97. The van der Waals surface area contributed by atoms with E-state index in [1.165, 1.54) is 13.3 Å². The Labute approximate surface area is 150 Å². The van der Waals surface area contributed by atoms with Crippen LogP contribution in [-0.2, 0) is 9.63 Å². The number of rotatable bonds is 4. The molecule has 22 heavy (non-hydrogen) atoms. The van der Waals surface area contributed by atoms with Crippen molar-refractivity contribution in [3.05, 3.63) is 17.4 Å². The summed E-state index contributed by atoms with van der Waals surface area (Å²) in [6.07, 6.45) is 2.17. The van der Waals surface area contributed by atoms with Crippen LogP contribution in [0.5, 0.6) is 0 Å². The molecule has 0 bridgehead atoms. The van der Waals surface area contributed by atoms with Gasteiger partial charge in [-0.25, -0.2) is 0 Å². The van der Waals surface area contributed by atoms with Crippen molar-refractivity contribution in [1.82, 2.24) is 0 Å². The van der Waals surface area contributed by atoms with Gasteiger partial charge in [0.2, 0.25) is 0 Å². The Morgan fingerprint density at radius 3 is 2.64 bits per heavy atom. The van der Waals surface area contributed by atoms with Gasteiger partial charge >= 0.3 is 0 Å². The average molecular weight is 374 g/mol. The van der Waals surface area contributed by atoms with Gasteiger partial charge in [0, 0.05) is 43.7 Å². The Morgan fingerprint density at radius 2 is 2.00 bits per heavy atom. The molecule has 0 aliphatic heterocycles. The molecule has 1 aliphatic rings. The molecule has 0 fully saturated rings. The third-order valence-electron chi connectivity index (χ3n) is 3.40. The zero-order chi connectivity index (χ0) is 16.4. The van der Waals surface area contributed by atoms with Gasteiger partial charge < -0.3 is 9.94 Å². The summed E-state index contributed by atoms with van der Waals surface area (Å²) in [5, 5.41) is 13.8. The van der Waals surface area contributed by atoms with Gasteiger partial charge in [0.15, 0.2) is 5.78 Å². The number of carbonyl (C=O) groups is 1. The molecule has 1 aliphatic carbocycles. The summed E-state index contributed by atoms with van der Waals surface area (Å²) in [5.74, 6) is -0.496. The summed E-state index contributed by atoms with van der Waals surface area (Å²) in [7, 11) is 1.43. The van der Waals surface area contributed by atoms with Crippen molar-refractivity contribution in [1.29, 1.82) is 0 Å². The number of ketones is 1. The normalized spacial score (nSPS) is 18.6. The fourth-order valence-corrected chi connectivity index (χ4v) is 3.76. The van der Waals surface area contributed by atoms with E-state index in [1.807, 2.05) is 0 Å². The number of aliphatic hydroxyl groups excluding tert-OH is 1. The number of thiol groups is 4. The molecule has 0 saturated carbocycles. The standard InChI is InChI=1S/C14H15NO3S4/c1-18-15-3-2-6-4-7(16)10(12(6)17)11-8(19)5-9(20)13(21)14(11)22/h3,5-6,16,19-22H,2,4H2,1H3/b15-3+. The van der Waals surface area contributed by atoms with Crippen molar-refractivity contribution in [3.8, 4) is 0 Å². The summed E-state index contributed by atoms with van der Waals surface area (Å²) in [5.41, 5.74) is 0.734. The molecule has 1 aromatic rings. The minimum absolute atomic E-state index is 0.0334. The molecule has 0 spiro atoms. The zero-order valence-electron chi connectivity index (χ0n) is 11.6. The Hall–Kier alpha value is -0.700. The number of Topliss-reactive ketones (excluding diaryl/α,β-unsaturated/α-hetero) is 1. The lowest BCUT2D eigenvalue weighted by Crippen LogP contribution is -2.11. The minimum atomic E-state index is -0.367. The van der Waals surface area contributed by atoms with Crippen molar-refractivity contribution in [2.24, 2.45) is 11.1 Å². The highest BCUT2D eigenvalue weighted by molar-refractivity contribution is 7.85. The Kier molecular flexibility index (Phi) is 5.81. The van der Waals surface area contributed by atoms with E-state index in [0.717, 1.165) is 0 Å². The van der Waals surface area contributed by atoms with Crippen LogP contribution in [0.25, 0.3) is 5.57 Å². The van der Waals surface area contributed by atoms with Gasteiger partial charge in [-0.15, -0.1) is 50.5 Å². The van der Waals surface area contributed by atoms with Crippen LogP contribution < -0.4 is 0 Å². The van der Waals surface area contributed by atoms with E-state index >= 15 is 0 Å². The van der Waals surface area contributed by atoms with Gasteiger partial charge in [0.1, 0.15) is 12.9 Å². The van der Waals surface area contributed by atoms with Gasteiger partial charge in [-0.1, -0.05) is 5.16 Å². The van der Waals surface area contributed by atoms with Crippen LogP contribution in [0.2, 0.25) is 0 Å². The first-order valence-electron chi connectivity index (χ1n) is 6.37. The number of carbonyl (C=O) groups excluding carboxylic acids is 1. The smallest absolute Gasteiger partial charge is 0.170 e. The zero-order valence-corrected chi connectivity index (χ0v) is 15.2. The maximum atomic E-state index is 12.6. The van der Waals surface area contributed by atoms with Crippen LogP contribution in [0.3, 0.4) is 0 Å². The summed E-state index contributed by atoms with van der Waals surface area (Å²) in [6.45, 7) is 0. The quantitative estimate of drug-likeness (QED) is 0.318. The van der Waals surface area contributed by atoms with Crippen LogP contribution in [0.4, 0.5) is 0 Å². The van der Waals surface area contributed by atoms with Crippen LogP contribution in [-0.4, -0.2) is 24.2 Å². The lowest BCUT2D eigenvalue weighted by Gasteiger charge is -2.14. The summed E-state index contributed by atoms with van der Waals surface area (Å²) < 4.78 is 0. The fraction of sp³-hybridized carbons (Fsp3) is 0.286. The topological polar surface area (TPSA) is 58.9 Å². The van der Waals surface area contributed by atoms with E-state index in [4.69, 9.17) is 0 Å². The molecule has 1 atom stereocenters. The van der Waals surface area contributed by atoms with E-state index in [-0.39, 0.29) is 29.5 Å². The van der Waals surface area contributed by atoms with E-state index in [1.54, 1.807) is 6.07 Å². The van der Waals surface area contributed by atoms with Crippen LogP contribution in [0.15, 0.2) is 36.6 Å². The number of hydrogen-bond acceptors (Lipinski definition) is 8. The second-order valence-corrected chi connectivity index (χ2v) is 6.64. The number of aliphatic hydroxyl groups is 1. The number of nitrogens with zero attached hydrogens (tertiary/aromatic N) is 1. The first kappa shape index (κ1) is 17.7. The molecule has 0 heterocycles. The van der Waals surface area contributed by atoms with Crippen molar-refractivity contribution >= 4 is 68.1 Å². The van der Waals surface area contributed by atoms with Gasteiger partial charge in [0.05, 0.1) is 5.57 Å². The first-order chi connectivity index (χ1) is 10.4. The second-order valence-electron chi connectivity index (χ2n) is 4.78. The van der Waals surface area contributed by atoms with Gasteiger partial charge in [0.25, 0.3) is 0 Å². The molecule has 0 aromatic heterocycles. The first-order valence-corrected chi connectivity index (χ1v) is 8.15. The highest BCUT2D eigenvalue weighted by Gasteiger charge is 2.35. The van der Waals surface area contributed by atoms with Crippen molar-refractivity contribution in [3.63, 3.8) is 0 Å². The minimum Gasteiger partial charge on any atom is -0.512 e. The van der Waals surface area contributed by atoms with E-state index in [0.29, 0.717) is 31.6 Å². The molecule has 2 rings (SSSR count). The monoisotopic (exact) mass is 373 g/mol. The van der Waals surface area contributed by atoms with E-state index in [2.05, 4.69) is 60.5 Å². The molecular weight excluding hydrogens is 358 g/mol. The molecule has 0 saturated heterocycles. The third-order valence-corrected chi connectivity index (χ3v) is 5.37. The van der Waals surface area contributed by atoms with Gasteiger partial charge in [-0.2, -0.15) is 0 Å². The fourth-order valence-electron chi connectivity index (χ4n) is 2.35. The van der Waals surface area contributed by atoms with Crippen molar-refractivity contribution < 1.29 is 14.7 Å². The molecule has 4 nitrogen and oxygen atoms in total. The third kappa shape index (κ3) is 3.29. The van der Waals surface area contributed by atoms with Crippen molar-refractivity contribution in [2.45, 2.75) is 32.4 Å². The molecule has 8 heteroatoms. The van der Waals surface area contributed by atoms with Gasteiger partial charge in [-0.05, 0) is 12.5 Å². The molecule has 1 aromatic carbocycles. The maximum Gasteiger partial charge on any atom is 0.170 e. The Balaban J connectivity index is 2.42. The maximum absolute atomic E-state index is 12.6. The molecular formula is C14H15NO3S4. The number of allylic oxidation sites excluding steroid dienone is 2. The van der Waals surface area contributed by atoms with E-state index in [9.17, 15) is 9.90 Å². The number of hydrogen-bond donors (Lipinski definition) is 5. The Morgan fingerprint density at radius 1 is 1.32 bits per heavy atom. The average Bonchev–Trinajstić information content (AvgIpc) is 2.73. The molecule has 1 unspecified atom stereocenters. The molecule has 1 N–H and O–H groups in total. The van der Waals surface area contributed by atoms with Crippen LogP contribution in [0, 0.1) is 5.92 Å². The summed E-state index contributed by atoms with van der Waals surface area (Å²) in [4.78, 5) is 19.3. The predicted molar refractivity (Wildman–Crippen MR) is 98.2 cm³/mol. The summed E-state index contributed by atoms with van der Waals surface area (Å²) >= 11 is 17.4.